The summed E-state index contributed by atoms with van der Waals surface area (Å²) in [6.07, 6.45) is -4.04. The van der Waals surface area contributed by atoms with Crippen LogP contribution in [0.1, 0.15) is 50.3 Å². The van der Waals surface area contributed by atoms with Crippen molar-refractivity contribution in [2.45, 2.75) is 51.0 Å². The minimum absolute atomic E-state index is 0.0100. The molecule has 4 rings (SSSR count). The van der Waals surface area contributed by atoms with Gasteiger partial charge in [-0.3, -0.25) is 9.59 Å². The van der Waals surface area contributed by atoms with Crippen LogP contribution in [-0.4, -0.2) is 18.2 Å². The van der Waals surface area contributed by atoms with Crippen molar-refractivity contribution >= 4 is 34.8 Å². The molecule has 4 nitrogen and oxygen atoms in total. The van der Waals surface area contributed by atoms with Gasteiger partial charge >= 0.3 is 6.18 Å². The maximum Gasteiger partial charge on any atom is 0.416 e. The number of nitrogens with one attached hydrogen (secondary N) is 1. The number of nitrogens with zero attached hydrogens (tertiary/aromatic N) is 1. The fourth-order valence-corrected chi connectivity index (χ4v) is 5.31. The molecule has 1 aliphatic rings. The number of carbonyl (C=O) groups excluding carboxylic acids is 2. The molecule has 0 spiro atoms. The van der Waals surface area contributed by atoms with Crippen LogP contribution >= 0.6 is 11.8 Å². The molecule has 0 bridgehead atoms. The van der Waals surface area contributed by atoms with E-state index in [0.717, 1.165) is 17.7 Å². The quantitative estimate of drug-likeness (QED) is 0.185. The average Bonchev–Trinajstić information content (AvgIpc) is 3.04. The molecule has 0 aromatic heterocycles. The lowest BCUT2D eigenvalue weighted by Gasteiger charge is -2.23. The van der Waals surface area contributed by atoms with Crippen LogP contribution in [0.2, 0.25) is 0 Å². The summed E-state index contributed by atoms with van der Waals surface area (Å²) < 4.78 is 52.8. The zero-order valence-electron chi connectivity index (χ0n) is 22.4. The minimum Gasteiger partial charge on any atom is -0.349 e. The Hall–Kier alpha value is -3.59. The highest BCUT2D eigenvalue weighted by atomic mass is 32.2. The highest BCUT2D eigenvalue weighted by Gasteiger charge is 2.33. The number of anilines is 2. The molecule has 1 fully saturated rings. The van der Waals surface area contributed by atoms with Gasteiger partial charge in [0.1, 0.15) is 11.4 Å². The Morgan fingerprint density at radius 3 is 2.05 bits per heavy atom. The first kappa shape index (κ1) is 29.4. The summed E-state index contributed by atoms with van der Waals surface area (Å²) in [5, 5.41) is 3.44. The third kappa shape index (κ3) is 7.13. The summed E-state index contributed by atoms with van der Waals surface area (Å²) in [4.78, 5) is 28.4. The molecule has 1 N–H and O–H groups in total. The topological polar surface area (TPSA) is 49.4 Å². The molecule has 1 heterocycles. The maximum absolute atomic E-state index is 13.8. The van der Waals surface area contributed by atoms with Gasteiger partial charge in [0.2, 0.25) is 0 Å². The molecule has 0 radical (unpaired) electrons. The molecule has 3 aromatic rings. The Morgan fingerprint density at radius 1 is 0.875 bits per heavy atom. The van der Waals surface area contributed by atoms with Crippen LogP contribution in [0.4, 0.5) is 28.9 Å². The van der Waals surface area contributed by atoms with Gasteiger partial charge in [0.05, 0.1) is 10.6 Å². The first-order valence-electron chi connectivity index (χ1n) is 12.8. The molecule has 0 aliphatic carbocycles. The van der Waals surface area contributed by atoms with Gasteiger partial charge in [-0.25, -0.2) is 4.39 Å². The van der Waals surface area contributed by atoms with Crippen molar-refractivity contribution < 1.29 is 27.2 Å². The number of hydrogen-bond acceptors (Lipinski definition) is 4. The lowest BCUT2D eigenvalue weighted by atomic mass is 9.87. The highest BCUT2D eigenvalue weighted by Crippen LogP contribution is 2.34. The minimum atomic E-state index is -4.50. The lowest BCUT2D eigenvalue weighted by molar-refractivity contribution is -0.137. The molecule has 1 saturated heterocycles. The average molecular weight is 571 g/mol. The van der Waals surface area contributed by atoms with Crippen LogP contribution in [0.3, 0.4) is 0 Å². The van der Waals surface area contributed by atoms with E-state index in [2.05, 4.69) is 26.1 Å². The molecular weight excluding hydrogens is 540 g/mol. The smallest absolute Gasteiger partial charge is 0.349 e. The van der Waals surface area contributed by atoms with Crippen LogP contribution in [-0.2, 0) is 26.9 Å². The van der Waals surface area contributed by atoms with Gasteiger partial charge in [-0.2, -0.15) is 13.2 Å². The summed E-state index contributed by atoms with van der Waals surface area (Å²) in [5.41, 5.74) is 2.01. The molecule has 9 heteroatoms. The molecule has 0 unspecified atom stereocenters. The van der Waals surface area contributed by atoms with Crippen molar-refractivity contribution in [1.82, 2.24) is 0 Å². The molecule has 40 heavy (non-hydrogen) atoms. The zero-order chi connectivity index (χ0) is 29.1. The van der Waals surface area contributed by atoms with Crippen LogP contribution in [0, 0.1) is 5.82 Å². The molecule has 0 atom stereocenters. The van der Waals surface area contributed by atoms with E-state index in [9.17, 15) is 27.2 Å². The number of alkyl halides is 3. The van der Waals surface area contributed by atoms with Gasteiger partial charge in [0.15, 0.2) is 5.78 Å². The Bertz CT molecular complexity index is 1390. The van der Waals surface area contributed by atoms with Crippen molar-refractivity contribution in [3.63, 3.8) is 0 Å². The second-order valence-electron chi connectivity index (χ2n) is 10.6. The molecule has 1 amide bonds. The predicted molar refractivity (Wildman–Crippen MR) is 152 cm³/mol. The zero-order valence-corrected chi connectivity index (χ0v) is 23.3. The second kappa shape index (κ2) is 11.9. The molecule has 210 valence electrons. The van der Waals surface area contributed by atoms with Crippen LogP contribution in [0.5, 0.6) is 0 Å². The van der Waals surface area contributed by atoms with E-state index in [1.807, 2.05) is 24.3 Å². The summed E-state index contributed by atoms with van der Waals surface area (Å²) in [6.45, 7) is 6.55. The van der Waals surface area contributed by atoms with Gasteiger partial charge in [0, 0.05) is 30.1 Å². The van der Waals surface area contributed by atoms with Gasteiger partial charge in [0.25, 0.3) is 5.91 Å². The molecular formula is C31H30F4N2O2S. The molecule has 3 aromatic carbocycles. The van der Waals surface area contributed by atoms with Crippen molar-refractivity contribution in [2.75, 3.05) is 16.8 Å². The summed E-state index contributed by atoms with van der Waals surface area (Å²) >= 11 is 1.27. The normalized spacial score (nSPS) is 16.1. The number of thioether (sulfide) groups is 1. The maximum atomic E-state index is 13.8. The van der Waals surface area contributed by atoms with Gasteiger partial charge in [-0.1, -0.05) is 45.0 Å². The second-order valence-corrected chi connectivity index (χ2v) is 11.6. The Kier molecular flexibility index (Phi) is 8.73. The number of rotatable bonds is 6. The van der Waals surface area contributed by atoms with Crippen molar-refractivity contribution in [3.05, 3.63) is 106 Å². The third-order valence-corrected chi connectivity index (χ3v) is 7.63. The number of ketones is 1. The first-order chi connectivity index (χ1) is 18.8. The SMILES string of the molecule is CC(C)(C)c1ccc(CSC(Nc2ccc(F)cc2)=C2C(=O)CCCN(c3ccc(C(F)(F)F)cc3)C2=O)cc1. The van der Waals surface area contributed by atoms with E-state index in [1.54, 1.807) is 0 Å². The van der Waals surface area contributed by atoms with Gasteiger partial charge in [-0.15, -0.1) is 11.8 Å². The summed E-state index contributed by atoms with van der Waals surface area (Å²) in [6, 6.07) is 18.0. The number of halogens is 4. The number of amides is 1. The van der Waals surface area contributed by atoms with E-state index < -0.39 is 23.5 Å². The standard InChI is InChI=1S/C31H30F4N2O2S/c1-30(2,3)21-8-6-20(7-9-21)19-40-28(36-24-14-12-23(32)13-15-24)27-26(38)5-4-18-37(29(27)39)25-16-10-22(11-17-25)31(33,34)35/h6-17,36H,4-5,18-19H2,1-3H3. The van der Waals surface area contributed by atoms with Crippen LogP contribution in [0.15, 0.2) is 83.4 Å². The monoisotopic (exact) mass is 570 g/mol. The van der Waals surface area contributed by atoms with Crippen LogP contribution in [0.25, 0.3) is 0 Å². The Balaban J connectivity index is 1.70. The molecule has 0 saturated carbocycles. The largest absolute Gasteiger partial charge is 0.416 e. The van der Waals surface area contributed by atoms with Gasteiger partial charge < -0.3 is 10.2 Å². The van der Waals surface area contributed by atoms with Gasteiger partial charge in [-0.05, 0) is 71.5 Å². The van der Waals surface area contributed by atoms with E-state index in [-0.39, 0.29) is 35.4 Å². The number of Topliss-reactive ketones (excluding diaryl/α,β-unsaturated/α-hetero) is 1. The number of benzene rings is 3. The third-order valence-electron chi connectivity index (χ3n) is 6.56. The summed E-state index contributed by atoms with van der Waals surface area (Å²) in [7, 11) is 0. The van der Waals surface area contributed by atoms with Crippen molar-refractivity contribution in [1.29, 1.82) is 0 Å². The predicted octanol–water partition coefficient (Wildman–Crippen LogP) is 8.10. The number of hydrogen-bond donors (Lipinski definition) is 1. The molecule has 1 aliphatic heterocycles. The Morgan fingerprint density at radius 2 is 1.48 bits per heavy atom. The first-order valence-corrected chi connectivity index (χ1v) is 13.8. The van der Waals surface area contributed by atoms with Crippen molar-refractivity contribution in [3.8, 4) is 0 Å². The van der Waals surface area contributed by atoms with E-state index in [0.29, 0.717) is 22.9 Å². The van der Waals surface area contributed by atoms with E-state index in [1.165, 1.54) is 58.6 Å². The van der Waals surface area contributed by atoms with Crippen molar-refractivity contribution in [2.24, 2.45) is 0 Å². The van der Waals surface area contributed by atoms with E-state index in [4.69, 9.17) is 0 Å². The van der Waals surface area contributed by atoms with E-state index >= 15 is 0 Å². The Labute approximate surface area is 235 Å². The lowest BCUT2D eigenvalue weighted by Crippen LogP contribution is -2.33. The fraction of sp³-hybridized carbons (Fsp3) is 0.290. The number of carbonyl (C=O) groups is 2. The summed E-state index contributed by atoms with van der Waals surface area (Å²) in [5.74, 6) is -0.943. The van der Waals surface area contributed by atoms with Crippen LogP contribution < -0.4 is 10.2 Å². The highest BCUT2D eigenvalue weighted by molar-refractivity contribution is 8.02. The fourth-order valence-electron chi connectivity index (χ4n) is 4.27.